The molecule has 0 radical (unpaired) electrons. The van der Waals surface area contributed by atoms with E-state index < -0.39 is 0 Å². The number of para-hydroxylation sites is 1. The zero-order chi connectivity index (χ0) is 16.4. The summed E-state index contributed by atoms with van der Waals surface area (Å²) >= 11 is 0. The van der Waals surface area contributed by atoms with Gasteiger partial charge in [-0.25, -0.2) is 9.97 Å². The molecule has 0 saturated carbocycles. The van der Waals surface area contributed by atoms with Gasteiger partial charge in [0, 0.05) is 5.39 Å². The molecule has 0 aliphatic rings. The first-order valence-electron chi connectivity index (χ1n) is 7.65. The van der Waals surface area contributed by atoms with Crippen molar-refractivity contribution in [1.29, 1.82) is 0 Å². The number of nitrogens with one attached hydrogen (secondary N) is 1. The van der Waals surface area contributed by atoms with Crippen LogP contribution in [0.25, 0.3) is 10.9 Å². The first-order valence-corrected chi connectivity index (χ1v) is 7.65. The van der Waals surface area contributed by atoms with Crippen LogP contribution in [-0.2, 0) is 0 Å². The highest BCUT2D eigenvalue weighted by Gasteiger charge is 2.16. The molecule has 0 saturated heterocycles. The Bertz CT molecular complexity index is 856. The number of fused-ring (bicyclic) bond motifs is 1. The summed E-state index contributed by atoms with van der Waals surface area (Å²) in [6.45, 7) is 5.81. The van der Waals surface area contributed by atoms with Crippen LogP contribution < -0.4 is 5.32 Å². The highest BCUT2D eigenvalue weighted by atomic mass is 16.1. The van der Waals surface area contributed by atoms with Gasteiger partial charge in [0.1, 0.15) is 11.5 Å². The largest absolute Gasteiger partial charge is 0.344 e. The molecule has 2 aromatic carbocycles. The molecule has 3 rings (SSSR count). The number of aromatic nitrogens is 2. The van der Waals surface area contributed by atoms with Gasteiger partial charge in [-0.05, 0) is 32.4 Å². The van der Waals surface area contributed by atoms with Gasteiger partial charge in [0.15, 0.2) is 0 Å². The van der Waals surface area contributed by atoms with E-state index in [4.69, 9.17) is 0 Å². The van der Waals surface area contributed by atoms with Crippen molar-refractivity contribution >= 4 is 16.8 Å². The van der Waals surface area contributed by atoms with E-state index in [9.17, 15) is 4.79 Å². The van der Waals surface area contributed by atoms with E-state index in [0.717, 1.165) is 16.5 Å². The van der Waals surface area contributed by atoms with Gasteiger partial charge in [0.2, 0.25) is 0 Å². The van der Waals surface area contributed by atoms with Crippen molar-refractivity contribution in [3.63, 3.8) is 0 Å². The maximum Gasteiger partial charge on any atom is 0.271 e. The maximum atomic E-state index is 12.7. The molecule has 116 valence electrons. The number of carbonyl (C=O) groups is 1. The lowest BCUT2D eigenvalue weighted by Crippen LogP contribution is -2.28. The summed E-state index contributed by atoms with van der Waals surface area (Å²) in [5, 5.41) is 3.79. The van der Waals surface area contributed by atoms with Crippen LogP contribution in [0.3, 0.4) is 0 Å². The number of aryl methyl sites for hydroxylation is 2. The predicted octanol–water partition coefficient (Wildman–Crippen LogP) is 3.74. The van der Waals surface area contributed by atoms with Crippen molar-refractivity contribution in [2.75, 3.05) is 0 Å². The quantitative estimate of drug-likeness (QED) is 0.802. The van der Waals surface area contributed by atoms with Crippen molar-refractivity contribution in [2.45, 2.75) is 26.8 Å². The molecule has 3 aromatic rings. The number of rotatable bonds is 3. The number of hydrogen-bond acceptors (Lipinski definition) is 3. The fourth-order valence-electron chi connectivity index (χ4n) is 2.57. The van der Waals surface area contributed by atoms with Crippen LogP contribution in [0.4, 0.5) is 0 Å². The molecule has 0 bridgehead atoms. The molecule has 1 unspecified atom stereocenters. The Morgan fingerprint density at radius 2 is 1.70 bits per heavy atom. The number of nitrogens with zero attached hydrogens (tertiary/aromatic N) is 2. The van der Waals surface area contributed by atoms with Crippen molar-refractivity contribution in [1.82, 2.24) is 15.3 Å². The van der Waals surface area contributed by atoms with Gasteiger partial charge in [-0.15, -0.1) is 0 Å². The second-order valence-electron chi connectivity index (χ2n) is 5.74. The fourth-order valence-corrected chi connectivity index (χ4v) is 2.57. The minimum Gasteiger partial charge on any atom is -0.344 e. The zero-order valence-corrected chi connectivity index (χ0v) is 13.5. The van der Waals surface area contributed by atoms with E-state index in [1.807, 2.05) is 62.4 Å². The summed E-state index contributed by atoms with van der Waals surface area (Å²) in [6.07, 6.45) is 0. The van der Waals surface area contributed by atoms with Crippen LogP contribution in [0.1, 0.15) is 40.4 Å². The van der Waals surface area contributed by atoms with Gasteiger partial charge >= 0.3 is 0 Å². The first-order chi connectivity index (χ1) is 11.0. The number of amides is 1. The Morgan fingerprint density at radius 3 is 2.43 bits per heavy atom. The summed E-state index contributed by atoms with van der Waals surface area (Å²) in [4.78, 5) is 21.4. The average molecular weight is 305 g/mol. The Balaban J connectivity index is 1.90. The van der Waals surface area contributed by atoms with Crippen molar-refractivity contribution in [2.24, 2.45) is 0 Å². The van der Waals surface area contributed by atoms with Gasteiger partial charge in [-0.1, -0.05) is 48.0 Å². The lowest BCUT2D eigenvalue weighted by molar-refractivity contribution is 0.0936. The van der Waals surface area contributed by atoms with Crippen LogP contribution in [-0.4, -0.2) is 15.9 Å². The topological polar surface area (TPSA) is 54.9 Å². The van der Waals surface area contributed by atoms with Gasteiger partial charge in [0.25, 0.3) is 5.91 Å². The van der Waals surface area contributed by atoms with Gasteiger partial charge in [-0.3, -0.25) is 4.79 Å². The van der Waals surface area contributed by atoms with E-state index in [-0.39, 0.29) is 11.9 Å². The number of carbonyl (C=O) groups excluding carboxylic acids is 1. The van der Waals surface area contributed by atoms with Crippen LogP contribution in [0.15, 0.2) is 48.5 Å². The minimum atomic E-state index is -0.181. The summed E-state index contributed by atoms with van der Waals surface area (Å²) in [6, 6.07) is 15.6. The predicted molar refractivity (Wildman–Crippen MR) is 91.3 cm³/mol. The van der Waals surface area contributed by atoms with Crippen molar-refractivity contribution in [3.05, 3.63) is 71.2 Å². The molecule has 1 amide bonds. The minimum absolute atomic E-state index is 0.0860. The lowest BCUT2D eigenvalue weighted by Gasteiger charge is -2.15. The molecule has 23 heavy (non-hydrogen) atoms. The lowest BCUT2D eigenvalue weighted by atomic mass is 10.1. The van der Waals surface area contributed by atoms with Crippen molar-refractivity contribution in [3.8, 4) is 0 Å². The molecule has 4 heteroatoms. The average Bonchev–Trinajstić information content (AvgIpc) is 2.54. The molecule has 1 N–H and O–H groups in total. The molecule has 1 aromatic heterocycles. The standard InChI is InChI=1S/C19H19N3O/c1-12-8-10-15(11-9-12)13(2)20-19(23)18-16-6-4-5-7-17(16)21-14(3)22-18/h4-11,13H,1-3H3,(H,20,23). The molecule has 0 spiro atoms. The number of benzene rings is 2. The SMILES string of the molecule is Cc1ccc(C(C)NC(=O)c2nc(C)nc3ccccc23)cc1. The Labute approximate surface area is 135 Å². The van der Waals surface area contributed by atoms with Gasteiger partial charge < -0.3 is 5.32 Å². The second-order valence-corrected chi connectivity index (χ2v) is 5.74. The van der Waals surface area contributed by atoms with Crippen LogP contribution >= 0.6 is 0 Å². The Hall–Kier alpha value is -2.75. The Morgan fingerprint density at radius 1 is 1.00 bits per heavy atom. The first kappa shape index (κ1) is 15.2. The van der Waals surface area contributed by atoms with Crippen LogP contribution in [0.5, 0.6) is 0 Å². The van der Waals surface area contributed by atoms with Crippen LogP contribution in [0, 0.1) is 13.8 Å². The van der Waals surface area contributed by atoms with E-state index >= 15 is 0 Å². The molecule has 0 aliphatic heterocycles. The molecule has 0 fully saturated rings. The molecular weight excluding hydrogens is 286 g/mol. The summed E-state index contributed by atoms with van der Waals surface area (Å²) in [7, 11) is 0. The van der Waals surface area contributed by atoms with E-state index in [1.54, 1.807) is 6.92 Å². The second kappa shape index (κ2) is 6.16. The molecular formula is C19H19N3O. The van der Waals surface area contributed by atoms with Crippen LogP contribution in [0.2, 0.25) is 0 Å². The molecule has 4 nitrogen and oxygen atoms in total. The highest BCUT2D eigenvalue weighted by Crippen LogP contribution is 2.18. The third kappa shape index (κ3) is 3.21. The third-order valence-electron chi connectivity index (χ3n) is 3.86. The normalized spacial score (nSPS) is 12.1. The maximum absolute atomic E-state index is 12.7. The smallest absolute Gasteiger partial charge is 0.271 e. The van der Waals surface area contributed by atoms with Gasteiger partial charge in [-0.2, -0.15) is 0 Å². The summed E-state index contributed by atoms with van der Waals surface area (Å²) in [5.74, 6) is 0.414. The summed E-state index contributed by atoms with van der Waals surface area (Å²) in [5.41, 5.74) is 3.48. The van der Waals surface area contributed by atoms with E-state index in [2.05, 4.69) is 15.3 Å². The van der Waals surface area contributed by atoms with E-state index in [0.29, 0.717) is 11.5 Å². The zero-order valence-electron chi connectivity index (χ0n) is 13.5. The Kier molecular flexibility index (Phi) is 4.06. The molecule has 1 atom stereocenters. The molecule has 0 aliphatic carbocycles. The molecule has 1 heterocycles. The van der Waals surface area contributed by atoms with Gasteiger partial charge in [0.05, 0.1) is 11.6 Å². The monoisotopic (exact) mass is 305 g/mol. The van der Waals surface area contributed by atoms with E-state index in [1.165, 1.54) is 5.56 Å². The highest BCUT2D eigenvalue weighted by molar-refractivity contribution is 6.04. The third-order valence-corrected chi connectivity index (χ3v) is 3.86. The number of hydrogen-bond donors (Lipinski definition) is 1. The fraction of sp³-hybridized carbons (Fsp3) is 0.211. The summed E-state index contributed by atoms with van der Waals surface area (Å²) < 4.78 is 0. The van der Waals surface area contributed by atoms with Crippen molar-refractivity contribution < 1.29 is 4.79 Å².